The molecule has 0 radical (unpaired) electrons. The van der Waals surface area contributed by atoms with Crippen molar-refractivity contribution in [3.63, 3.8) is 0 Å². The molecule has 104 valence electrons. The van der Waals surface area contributed by atoms with E-state index < -0.39 is 0 Å². The average molecular weight is 260 g/mol. The van der Waals surface area contributed by atoms with E-state index >= 15 is 0 Å². The Labute approximate surface area is 115 Å². The summed E-state index contributed by atoms with van der Waals surface area (Å²) in [7, 11) is 0. The Bertz CT molecular complexity index is 404. The van der Waals surface area contributed by atoms with E-state index in [1.165, 1.54) is 12.8 Å². The predicted octanol–water partition coefficient (Wildman–Crippen LogP) is 2.63. The quantitative estimate of drug-likeness (QED) is 0.855. The lowest BCUT2D eigenvalue weighted by Crippen LogP contribution is -2.33. The fraction of sp³-hybridized carbons (Fsp3) is 0.562. The summed E-state index contributed by atoms with van der Waals surface area (Å²) in [6.45, 7) is 2.84. The van der Waals surface area contributed by atoms with Crippen LogP contribution < -0.4 is 11.1 Å². The smallest absolute Gasteiger partial charge is 0.223 e. The number of hydrogen-bond acceptors (Lipinski definition) is 2. The lowest BCUT2D eigenvalue weighted by atomic mass is 9.97. The van der Waals surface area contributed by atoms with Crippen LogP contribution in [0.15, 0.2) is 30.3 Å². The van der Waals surface area contributed by atoms with Crippen LogP contribution in [0.5, 0.6) is 0 Å². The number of amides is 1. The number of carbonyl (C=O) groups is 1. The zero-order valence-electron chi connectivity index (χ0n) is 11.6. The fourth-order valence-electron chi connectivity index (χ4n) is 2.88. The third-order valence-electron chi connectivity index (χ3n) is 4.18. The third kappa shape index (κ3) is 3.80. The van der Waals surface area contributed by atoms with Gasteiger partial charge in [-0.3, -0.25) is 4.79 Å². The number of hydrogen-bond donors (Lipinski definition) is 2. The lowest BCUT2D eigenvalue weighted by molar-refractivity contribution is -0.125. The normalized spacial score (nSPS) is 24.1. The van der Waals surface area contributed by atoms with Crippen LogP contribution in [0, 0.1) is 11.8 Å². The standard InChI is InChI=1S/C16H24N2O/c1-12-6-5-9-14(12)16(19)18-11-10-15(17)13-7-3-2-4-8-13/h2-4,7-8,12,14-15H,5-6,9-11,17H2,1H3,(H,18,19). The van der Waals surface area contributed by atoms with E-state index in [9.17, 15) is 4.79 Å². The molecule has 0 saturated heterocycles. The highest BCUT2D eigenvalue weighted by atomic mass is 16.1. The molecule has 1 aromatic carbocycles. The number of nitrogens with two attached hydrogens (primary N) is 1. The third-order valence-corrected chi connectivity index (χ3v) is 4.18. The van der Waals surface area contributed by atoms with Gasteiger partial charge in [0.1, 0.15) is 0 Å². The second kappa shape index (κ2) is 6.71. The molecular weight excluding hydrogens is 236 g/mol. The van der Waals surface area contributed by atoms with Gasteiger partial charge in [0.15, 0.2) is 0 Å². The summed E-state index contributed by atoms with van der Waals surface area (Å²) in [5, 5.41) is 3.04. The van der Waals surface area contributed by atoms with Gasteiger partial charge in [-0.15, -0.1) is 0 Å². The zero-order valence-corrected chi connectivity index (χ0v) is 11.6. The minimum atomic E-state index is 0.00232. The van der Waals surface area contributed by atoms with Crippen molar-refractivity contribution in [2.24, 2.45) is 17.6 Å². The summed E-state index contributed by atoms with van der Waals surface area (Å²) < 4.78 is 0. The van der Waals surface area contributed by atoms with Crippen molar-refractivity contribution >= 4 is 5.91 Å². The van der Waals surface area contributed by atoms with Crippen molar-refractivity contribution in [1.29, 1.82) is 0 Å². The molecule has 2 rings (SSSR count). The summed E-state index contributed by atoms with van der Waals surface area (Å²) in [5.41, 5.74) is 7.24. The average Bonchev–Trinajstić information content (AvgIpc) is 2.86. The molecule has 1 aliphatic rings. The second-order valence-electron chi connectivity index (χ2n) is 5.61. The molecule has 19 heavy (non-hydrogen) atoms. The summed E-state index contributed by atoms with van der Waals surface area (Å²) >= 11 is 0. The Morgan fingerprint density at radius 1 is 1.37 bits per heavy atom. The summed E-state index contributed by atoms with van der Waals surface area (Å²) in [6.07, 6.45) is 4.19. The van der Waals surface area contributed by atoms with E-state index in [0.717, 1.165) is 18.4 Å². The van der Waals surface area contributed by atoms with Gasteiger partial charge in [-0.05, 0) is 30.7 Å². The Morgan fingerprint density at radius 3 is 2.74 bits per heavy atom. The molecule has 0 spiro atoms. The van der Waals surface area contributed by atoms with Gasteiger partial charge in [0.05, 0.1) is 0 Å². The van der Waals surface area contributed by atoms with Gasteiger partial charge in [-0.25, -0.2) is 0 Å². The van der Waals surface area contributed by atoms with Crippen LogP contribution in [0.3, 0.4) is 0 Å². The number of rotatable bonds is 5. The molecule has 3 atom stereocenters. The maximum Gasteiger partial charge on any atom is 0.223 e. The first kappa shape index (κ1) is 14.1. The Balaban J connectivity index is 1.73. The van der Waals surface area contributed by atoms with Gasteiger partial charge >= 0.3 is 0 Å². The molecule has 1 saturated carbocycles. The number of carbonyl (C=O) groups excluding carboxylic acids is 1. The Kier molecular flexibility index (Phi) is 4.97. The predicted molar refractivity (Wildman–Crippen MR) is 77.5 cm³/mol. The van der Waals surface area contributed by atoms with E-state index in [4.69, 9.17) is 5.73 Å². The molecule has 3 unspecified atom stereocenters. The highest BCUT2D eigenvalue weighted by molar-refractivity contribution is 5.79. The summed E-state index contributed by atoms with van der Waals surface area (Å²) in [6, 6.07) is 10.0. The van der Waals surface area contributed by atoms with Gasteiger partial charge in [0, 0.05) is 18.5 Å². The van der Waals surface area contributed by atoms with Gasteiger partial charge in [-0.2, -0.15) is 0 Å². The molecular formula is C16H24N2O. The molecule has 0 heterocycles. The van der Waals surface area contributed by atoms with Crippen molar-refractivity contribution in [2.45, 2.75) is 38.6 Å². The highest BCUT2D eigenvalue weighted by Crippen LogP contribution is 2.31. The molecule has 3 nitrogen and oxygen atoms in total. The van der Waals surface area contributed by atoms with Crippen LogP contribution in [0.25, 0.3) is 0 Å². The van der Waals surface area contributed by atoms with Crippen molar-refractivity contribution in [3.8, 4) is 0 Å². The molecule has 0 bridgehead atoms. The van der Waals surface area contributed by atoms with Crippen molar-refractivity contribution in [1.82, 2.24) is 5.32 Å². The van der Waals surface area contributed by atoms with Crippen LogP contribution in [0.1, 0.15) is 44.2 Å². The van der Waals surface area contributed by atoms with Crippen molar-refractivity contribution in [2.75, 3.05) is 6.54 Å². The Morgan fingerprint density at radius 2 is 2.11 bits per heavy atom. The molecule has 1 fully saturated rings. The van der Waals surface area contributed by atoms with Gasteiger partial charge < -0.3 is 11.1 Å². The summed E-state index contributed by atoms with van der Waals surface area (Å²) in [4.78, 5) is 12.0. The molecule has 1 aromatic rings. The van der Waals surface area contributed by atoms with E-state index in [-0.39, 0.29) is 17.9 Å². The minimum Gasteiger partial charge on any atom is -0.356 e. The second-order valence-corrected chi connectivity index (χ2v) is 5.61. The zero-order chi connectivity index (χ0) is 13.7. The van der Waals surface area contributed by atoms with Crippen LogP contribution in [0.4, 0.5) is 0 Å². The monoisotopic (exact) mass is 260 g/mol. The molecule has 3 N–H and O–H groups in total. The SMILES string of the molecule is CC1CCCC1C(=O)NCCC(N)c1ccccc1. The molecule has 0 aromatic heterocycles. The van der Waals surface area contributed by atoms with Crippen LogP contribution >= 0.6 is 0 Å². The topological polar surface area (TPSA) is 55.1 Å². The fourth-order valence-corrected chi connectivity index (χ4v) is 2.88. The van der Waals surface area contributed by atoms with Gasteiger partial charge in [0.25, 0.3) is 0 Å². The minimum absolute atomic E-state index is 0.00232. The van der Waals surface area contributed by atoms with Crippen molar-refractivity contribution in [3.05, 3.63) is 35.9 Å². The first-order valence-electron chi connectivity index (χ1n) is 7.26. The first-order valence-corrected chi connectivity index (χ1v) is 7.26. The van der Waals surface area contributed by atoms with Gasteiger partial charge in [0.2, 0.25) is 5.91 Å². The van der Waals surface area contributed by atoms with E-state index in [0.29, 0.717) is 12.5 Å². The van der Waals surface area contributed by atoms with Gasteiger partial charge in [-0.1, -0.05) is 43.7 Å². The van der Waals surface area contributed by atoms with Crippen molar-refractivity contribution < 1.29 is 4.79 Å². The van der Waals surface area contributed by atoms with Crippen LogP contribution in [0.2, 0.25) is 0 Å². The summed E-state index contributed by atoms with van der Waals surface area (Å²) in [5.74, 6) is 0.959. The maximum atomic E-state index is 12.0. The van der Waals surface area contributed by atoms with E-state index in [1.807, 2.05) is 30.3 Å². The highest BCUT2D eigenvalue weighted by Gasteiger charge is 2.29. The van der Waals surface area contributed by atoms with Crippen LogP contribution in [-0.2, 0) is 4.79 Å². The molecule has 0 aliphatic heterocycles. The maximum absolute atomic E-state index is 12.0. The number of nitrogens with one attached hydrogen (secondary N) is 1. The molecule has 1 amide bonds. The van der Waals surface area contributed by atoms with E-state index in [2.05, 4.69) is 12.2 Å². The Hall–Kier alpha value is -1.35. The molecule has 1 aliphatic carbocycles. The van der Waals surface area contributed by atoms with Crippen LogP contribution in [-0.4, -0.2) is 12.5 Å². The largest absolute Gasteiger partial charge is 0.356 e. The first-order chi connectivity index (χ1) is 9.18. The molecule has 3 heteroatoms. The number of benzene rings is 1. The lowest BCUT2D eigenvalue weighted by Gasteiger charge is -2.17. The van der Waals surface area contributed by atoms with E-state index in [1.54, 1.807) is 0 Å².